The van der Waals surface area contributed by atoms with E-state index in [1.165, 1.54) is 31.2 Å². The number of aliphatic hydroxyl groups excluding tert-OH is 2. The highest BCUT2D eigenvalue weighted by atomic mass is 16.5. The van der Waals surface area contributed by atoms with Crippen molar-refractivity contribution in [2.45, 2.75) is 111 Å². The van der Waals surface area contributed by atoms with Gasteiger partial charge in [0.1, 0.15) is 5.75 Å². The normalized spacial score (nSPS) is 43.7. The summed E-state index contributed by atoms with van der Waals surface area (Å²) in [5, 5.41) is 22.0. The first-order valence-electron chi connectivity index (χ1n) is 15.9. The fourth-order valence-electron chi connectivity index (χ4n) is 10.9. The van der Waals surface area contributed by atoms with Crippen LogP contribution < -0.4 is 9.64 Å². The molecule has 0 saturated heterocycles. The number of anilines is 1. The molecule has 1 aliphatic heterocycles. The Labute approximate surface area is 235 Å². The molecule has 2 N–H and O–H groups in total. The summed E-state index contributed by atoms with van der Waals surface area (Å²) in [6.07, 6.45) is 10.6. The largest absolute Gasteiger partial charge is 0.497 e. The maximum Gasteiger partial charge on any atom is 0.227 e. The van der Waals surface area contributed by atoms with Crippen molar-refractivity contribution in [3.8, 4) is 5.75 Å². The quantitative estimate of drug-likeness (QED) is 0.457. The molecule has 1 heterocycles. The minimum absolute atomic E-state index is 0.176. The number of nitrogens with zero attached hydrogens (tertiary/aromatic N) is 1. The van der Waals surface area contributed by atoms with E-state index in [2.05, 4.69) is 33.8 Å². The molecule has 0 spiro atoms. The van der Waals surface area contributed by atoms with Gasteiger partial charge in [-0.3, -0.25) is 4.79 Å². The number of methoxy groups -OCH3 is 1. The summed E-state index contributed by atoms with van der Waals surface area (Å²) in [7, 11) is 1.68. The number of amides is 1. The Hall–Kier alpha value is -1.59. The Morgan fingerprint density at radius 2 is 1.85 bits per heavy atom. The molecule has 5 aliphatic rings. The van der Waals surface area contributed by atoms with E-state index in [4.69, 9.17) is 4.74 Å². The van der Waals surface area contributed by atoms with Gasteiger partial charge in [-0.2, -0.15) is 0 Å². The smallest absolute Gasteiger partial charge is 0.227 e. The second kappa shape index (κ2) is 9.76. The second-order valence-corrected chi connectivity index (χ2v) is 14.9. The maximum absolute atomic E-state index is 13.5. The number of benzene rings is 1. The van der Waals surface area contributed by atoms with Gasteiger partial charge in [0.05, 0.1) is 25.0 Å². The SMILES string of the molecule is COc1ccc2c(c1)N(C(=O)CC[C@@H](C)[C@@]1(C)CC[C@H]3[C@H]4C(CC[C@@]31C)[C@@]1(C)CC[C@@H](O)C[C@H]1C[C@H]4O)CC2. The first-order chi connectivity index (χ1) is 18.5. The first kappa shape index (κ1) is 27.6. The van der Waals surface area contributed by atoms with Crippen LogP contribution in [0.2, 0.25) is 0 Å². The van der Waals surface area contributed by atoms with Crippen molar-refractivity contribution in [1.82, 2.24) is 0 Å². The van der Waals surface area contributed by atoms with Gasteiger partial charge < -0.3 is 19.8 Å². The van der Waals surface area contributed by atoms with E-state index >= 15 is 0 Å². The fraction of sp³-hybridized carbons (Fsp3) is 0.794. The van der Waals surface area contributed by atoms with E-state index in [1.807, 2.05) is 17.0 Å². The second-order valence-electron chi connectivity index (χ2n) is 14.9. The van der Waals surface area contributed by atoms with E-state index in [1.54, 1.807) is 7.11 Å². The lowest BCUT2D eigenvalue weighted by molar-refractivity contribution is -0.183. The third-order valence-electron chi connectivity index (χ3n) is 13.7. The van der Waals surface area contributed by atoms with Gasteiger partial charge in [0.15, 0.2) is 0 Å². The fourth-order valence-corrected chi connectivity index (χ4v) is 10.9. The van der Waals surface area contributed by atoms with Gasteiger partial charge in [-0.25, -0.2) is 0 Å². The van der Waals surface area contributed by atoms with Gasteiger partial charge in [-0.05, 0) is 122 Å². The third-order valence-corrected chi connectivity index (χ3v) is 13.7. The number of ether oxygens (including phenoxy) is 1. The first-order valence-corrected chi connectivity index (χ1v) is 15.9. The maximum atomic E-state index is 13.5. The van der Waals surface area contributed by atoms with Crippen molar-refractivity contribution in [1.29, 1.82) is 0 Å². The summed E-state index contributed by atoms with van der Waals surface area (Å²) in [6, 6.07) is 6.10. The van der Waals surface area contributed by atoms with Gasteiger partial charge in [-0.1, -0.05) is 33.8 Å². The molecule has 1 aromatic carbocycles. The molecule has 1 amide bonds. The summed E-state index contributed by atoms with van der Waals surface area (Å²) in [5.74, 6) is 3.46. The number of carbonyl (C=O) groups excluding carboxylic acids is 1. The molecular formula is C34H51NO4. The molecule has 10 atom stereocenters. The van der Waals surface area contributed by atoms with Crippen LogP contribution in [0, 0.1) is 45.8 Å². The van der Waals surface area contributed by atoms with Crippen LogP contribution in [-0.2, 0) is 11.2 Å². The molecule has 5 heteroatoms. The lowest BCUT2D eigenvalue weighted by atomic mass is 9.42. The summed E-state index contributed by atoms with van der Waals surface area (Å²) >= 11 is 0. The van der Waals surface area contributed by atoms with Crippen LogP contribution in [-0.4, -0.2) is 42.0 Å². The van der Waals surface area contributed by atoms with Crippen molar-refractivity contribution in [3.05, 3.63) is 23.8 Å². The van der Waals surface area contributed by atoms with Gasteiger partial charge >= 0.3 is 0 Å². The van der Waals surface area contributed by atoms with Crippen molar-refractivity contribution < 1.29 is 19.7 Å². The van der Waals surface area contributed by atoms with Crippen LogP contribution in [0.3, 0.4) is 0 Å². The van der Waals surface area contributed by atoms with Crippen molar-refractivity contribution in [2.75, 3.05) is 18.6 Å². The third kappa shape index (κ3) is 4.11. The molecule has 1 unspecified atom stereocenters. The van der Waals surface area contributed by atoms with Gasteiger partial charge in [-0.15, -0.1) is 0 Å². The van der Waals surface area contributed by atoms with E-state index in [0.29, 0.717) is 36.0 Å². The highest BCUT2D eigenvalue weighted by Crippen LogP contribution is 2.72. The predicted molar refractivity (Wildman–Crippen MR) is 155 cm³/mol. The zero-order valence-corrected chi connectivity index (χ0v) is 24.9. The lowest BCUT2D eigenvalue weighted by Gasteiger charge is -2.63. The van der Waals surface area contributed by atoms with Crippen molar-refractivity contribution >= 4 is 11.6 Å². The summed E-state index contributed by atoms with van der Waals surface area (Å²) in [6.45, 7) is 10.7. The Morgan fingerprint density at radius 3 is 2.62 bits per heavy atom. The molecular weight excluding hydrogens is 486 g/mol. The van der Waals surface area contributed by atoms with Crippen molar-refractivity contribution in [3.63, 3.8) is 0 Å². The zero-order chi connectivity index (χ0) is 27.7. The molecule has 6 rings (SSSR count). The van der Waals surface area contributed by atoms with E-state index in [-0.39, 0.29) is 34.4 Å². The number of fused-ring (bicyclic) bond motifs is 6. The lowest BCUT2D eigenvalue weighted by Crippen LogP contribution is -2.59. The van der Waals surface area contributed by atoms with Gasteiger partial charge in [0.2, 0.25) is 5.91 Å². The molecule has 5 nitrogen and oxygen atoms in total. The van der Waals surface area contributed by atoms with E-state index in [0.717, 1.165) is 56.5 Å². The Morgan fingerprint density at radius 1 is 1.08 bits per heavy atom. The van der Waals surface area contributed by atoms with Crippen molar-refractivity contribution in [2.24, 2.45) is 45.8 Å². The molecule has 0 radical (unpaired) electrons. The summed E-state index contributed by atoms with van der Waals surface area (Å²) in [4.78, 5) is 15.4. The monoisotopic (exact) mass is 537 g/mol. The Kier molecular flexibility index (Phi) is 6.90. The van der Waals surface area contributed by atoms with Crippen LogP contribution in [0.5, 0.6) is 5.75 Å². The molecule has 1 aromatic rings. The number of carbonyl (C=O) groups is 1. The van der Waals surface area contributed by atoms with Crippen LogP contribution in [0.25, 0.3) is 0 Å². The van der Waals surface area contributed by atoms with Gasteiger partial charge in [0.25, 0.3) is 0 Å². The Bertz CT molecular complexity index is 1100. The molecule has 4 saturated carbocycles. The minimum Gasteiger partial charge on any atom is -0.497 e. The highest BCUT2D eigenvalue weighted by molar-refractivity contribution is 5.95. The molecule has 0 bridgehead atoms. The average molecular weight is 538 g/mol. The highest BCUT2D eigenvalue weighted by Gasteiger charge is 2.66. The molecule has 4 aliphatic carbocycles. The van der Waals surface area contributed by atoms with Crippen LogP contribution in [0.15, 0.2) is 18.2 Å². The number of rotatable bonds is 5. The zero-order valence-electron chi connectivity index (χ0n) is 24.9. The van der Waals surface area contributed by atoms with Gasteiger partial charge in [0, 0.05) is 19.0 Å². The topological polar surface area (TPSA) is 70.0 Å². The summed E-state index contributed by atoms with van der Waals surface area (Å²) < 4.78 is 5.43. The standard InChI is InChI=1S/C34H51NO4/c1-21(6-9-30(38)35-17-13-22-7-8-25(39-5)20-28(22)35)33(3)15-12-27-31-26(11-16-34(27,33)4)32(2)14-10-24(36)18-23(32)19-29(31)37/h7-8,20-21,23-24,26-27,29,31,36-37H,6,9-19H2,1-5H3/t21-,23+,24-,26?,27+,29-,31-,32+,33-,34+/m1/s1. The van der Waals surface area contributed by atoms with Crippen LogP contribution >= 0.6 is 0 Å². The van der Waals surface area contributed by atoms with E-state index in [9.17, 15) is 15.0 Å². The Balaban J connectivity index is 1.16. The number of aliphatic hydroxyl groups is 2. The van der Waals surface area contributed by atoms with Crippen LogP contribution in [0.4, 0.5) is 5.69 Å². The number of hydrogen-bond donors (Lipinski definition) is 2. The molecule has 0 aromatic heterocycles. The van der Waals surface area contributed by atoms with E-state index < -0.39 is 0 Å². The average Bonchev–Trinajstić information content (AvgIpc) is 3.46. The summed E-state index contributed by atoms with van der Waals surface area (Å²) in [5.41, 5.74) is 2.90. The molecule has 216 valence electrons. The number of hydrogen-bond acceptors (Lipinski definition) is 4. The molecule has 39 heavy (non-hydrogen) atoms. The predicted octanol–water partition coefficient (Wildman–Crippen LogP) is 6.38. The minimum atomic E-state index is -0.241. The molecule has 4 fully saturated rings. The van der Waals surface area contributed by atoms with Crippen LogP contribution in [0.1, 0.15) is 97.5 Å².